The maximum absolute atomic E-state index is 13.0. The molecule has 0 N–H and O–H groups in total. The molecule has 5 nitrogen and oxygen atoms in total. The molecule has 2 aliphatic rings. The summed E-state index contributed by atoms with van der Waals surface area (Å²) < 4.78 is 5.50. The molecule has 4 rings (SSSR count). The molecule has 1 saturated heterocycles. The maximum Gasteiger partial charge on any atom is 0.171 e. The number of morpholine rings is 1. The molecule has 0 saturated carbocycles. The van der Waals surface area contributed by atoms with Gasteiger partial charge in [-0.15, -0.1) is 0 Å². The van der Waals surface area contributed by atoms with E-state index in [1.54, 1.807) is 0 Å². The number of carbonyl (C=O) groups is 1. The summed E-state index contributed by atoms with van der Waals surface area (Å²) in [7, 11) is 4.07. The standard InChI is InChI=1S/C26H33N3O2/c1-26(2)22-10-6-8-12-24(22)28(4)25(26)17-21(30)19-27(3)18-20-9-5-7-11-23(20)29-13-15-31-16-14-29/h5-12,17H,13-16,18-19H2,1-4H3/b25-17-. The van der Waals surface area contributed by atoms with Crippen LogP contribution in [0, 0.1) is 0 Å². The molecule has 0 amide bonds. The largest absolute Gasteiger partial charge is 0.378 e. The average molecular weight is 420 g/mol. The Labute approximate surface area is 185 Å². The Morgan fingerprint density at radius 3 is 2.42 bits per heavy atom. The molecule has 31 heavy (non-hydrogen) atoms. The highest BCUT2D eigenvalue weighted by Crippen LogP contribution is 2.46. The predicted molar refractivity (Wildman–Crippen MR) is 127 cm³/mol. The number of allylic oxidation sites excluding steroid dienone is 1. The third kappa shape index (κ3) is 4.39. The normalized spacial score (nSPS) is 19.2. The van der Waals surface area contributed by atoms with Gasteiger partial charge in [0.25, 0.3) is 0 Å². The van der Waals surface area contributed by atoms with Crippen LogP contribution in [-0.4, -0.2) is 57.6 Å². The first-order valence-corrected chi connectivity index (χ1v) is 11.1. The lowest BCUT2D eigenvalue weighted by molar-refractivity contribution is -0.115. The number of para-hydroxylation sites is 2. The van der Waals surface area contributed by atoms with Crippen molar-refractivity contribution in [2.24, 2.45) is 0 Å². The van der Waals surface area contributed by atoms with Crippen molar-refractivity contribution in [3.8, 4) is 0 Å². The number of nitrogens with zero attached hydrogens (tertiary/aromatic N) is 3. The third-order valence-electron chi connectivity index (χ3n) is 6.45. The lowest BCUT2D eigenvalue weighted by atomic mass is 9.83. The van der Waals surface area contributed by atoms with E-state index >= 15 is 0 Å². The molecule has 0 bridgehead atoms. The Bertz CT molecular complexity index is 976. The highest BCUT2D eigenvalue weighted by atomic mass is 16.5. The molecule has 0 aromatic heterocycles. The van der Waals surface area contributed by atoms with E-state index in [4.69, 9.17) is 4.74 Å². The van der Waals surface area contributed by atoms with Crippen LogP contribution in [0.4, 0.5) is 11.4 Å². The van der Waals surface area contributed by atoms with Gasteiger partial charge in [-0.25, -0.2) is 0 Å². The maximum atomic E-state index is 13.0. The quantitative estimate of drug-likeness (QED) is 0.665. The van der Waals surface area contributed by atoms with Crippen LogP contribution >= 0.6 is 0 Å². The number of fused-ring (bicyclic) bond motifs is 1. The lowest BCUT2D eigenvalue weighted by Crippen LogP contribution is -2.37. The minimum atomic E-state index is -0.178. The Hall–Kier alpha value is -2.63. The van der Waals surface area contributed by atoms with Crippen LogP contribution in [0.3, 0.4) is 0 Å². The molecule has 0 spiro atoms. The monoisotopic (exact) mass is 419 g/mol. The molecule has 1 fully saturated rings. The van der Waals surface area contributed by atoms with Crippen molar-refractivity contribution in [3.05, 3.63) is 71.4 Å². The first-order chi connectivity index (χ1) is 14.9. The molecule has 0 unspecified atom stereocenters. The second-order valence-corrected chi connectivity index (χ2v) is 9.10. The number of ketones is 1. The topological polar surface area (TPSA) is 36.0 Å². The fourth-order valence-electron chi connectivity index (χ4n) is 4.83. The Morgan fingerprint density at radius 2 is 1.71 bits per heavy atom. The number of likely N-dealkylation sites (N-methyl/N-ethyl adjacent to an activating group) is 2. The molecule has 2 heterocycles. The number of hydrogen-bond acceptors (Lipinski definition) is 5. The highest BCUT2D eigenvalue weighted by Gasteiger charge is 2.38. The number of rotatable bonds is 6. The summed E-state index contributed by atoms with van der Waals surface area (Å²) in [6.45, 7) is 8.86. The van der Waals surface area contributed by atoms with Crippen molar-refractivity contribution < 1.29 is 9.53 Å². The molecule has 0 atom stereocenters. The van der Waals surface area contributed by atoms with Gasteiger partial charge in [0.2, 0.25) is 0 Å². The van der Waals surface area contributed by atoms with Gasteiger partial charge < -0.3 is 14.5 Å². The minimum Gasteiger partial charge on any atom is -0.378 e. The van der Waals surface area contributed by atoms with Gasteiger partial charge in [0, 0.05) is 55.2 Å². The number of benzene rings is 2. The predicted octanol–water partition coefficient (Wildman–Crippen LogP) is 3.84. The highest BCUT2D eigenvalue weighted by molar-refractivity contribution is 5.94. The fourth-order valence-corrected chi connectivity index (χ4v) is 4.83. The van der Waals surface area contributed by atoms with Crippen LogP contribution in [0.15, 0.2) is 60.3 Å². The van der Waals surface area contributed by atoms with Gasteiger partial charge in [0.05, 0.1) is 19.8 Å². The van der Waals surface area contributed by atoms with Crippen molar-refractivity contribution in [1.29, 1.82) is 0 Å². The number of carbonyl (C=O) groups excluding carboxylic acids is 1. The van der Waals surface area contributed by atoms with E-state index in [0.717, 1.165) is 38.5 Å². The van der Waals surface area contributed by atoms with Crippen molar-refractivity contribution >= 4 is 17.2 Å². The Balaban J connectivity index is 1.46. The van der Waals surface area contributed by atoms with Crippen molar-refractivity contribution in [2.45, 2.75) is 25.8 Å². The zero-order valence-electron chi connectivity index (χ0n) is 19.1. The van der Waals surface area contributed by atoms with E-state index in [0.29, 0.717) is 6.54 Å². The SMILES string of the molecule is CN(CC(=O)/C=C1\N(C)c2ccccc2C1(C)C)Cc1ccccc1N1CCOCC1. The van der Waals surface area contributed by atoms with Gasteiger partial charge in [0.15, 0.2) is 5.78 Å². The van der Waals surface area contributed by atoms with Crippen LogP contribution in [-0.2, 0) is 21.5 Å². The van der Waals surface area contributed by atoms with Crippen LogP contribution in [0.5, 0.6) is 0 Å². The number of hydrogen-bond donors (Lipinski definition) is 0. The molecule has 2 aromatic rings. The first kappa shape index (κ1) is 21.6. The molecule has 2 aliphatic heterocycles. The average Bonchev–Trinajstić information content (AvgIpc) is 2.95. The van der Waals surface area contributed by atoms with Crippen LogP contribution in [0.2, 0.25) is 0 Å². The van der Waals surface area contributed by atoms with Gasteiger partial charge >= 0.3 is 0 Å². The van der Waals surface area contributed by atoms with Gasteiger partial charge in [-0.2, -0.15) is 0 Å². The molecule has 5 heteroatoms. The molecular weight excluding hydrogens is 386 g/mol. The zero-order valence-corrected chi connectivity index (χ0v) is 19.1. The summed E-state index contributed by atoms with van der Waals surface area (Å²) in [6, 6.07) is 16.9. The van der Waals surface area contributed by atoms with E-state index in [1.807, 2.05) is 13.1 Å². The molecular formula is C26H33N3O2. The van der Waals surface area contributed by atoms with Crippen LogP contribution in [0.25, 0.3) is 0 Å². The summed E-state index contributed by atoms with van der Waals surface area (Å²) in [4.78, 5) is 19.6. The van der Waals surface area contributed by atoms with Gasteiger partial charge in [-0.3, -0.25) is 9.69 Å². The summed E-state index contributed by atoms with van der Waals surface area (Å²) in [5.41, 5.74) is 5.82. The van der Waals surface area contributed by atoms with Crippen molar-refractivity contribution in [3.63, 3.8) is 0 Å². The van der Waals surface area contributed by atoms with Crippen LogP contribution in [0.1, 0.15) is 25.0 Å². The van der Waals surface area contributed by atoms with E-state index in [9.17, 15) is 4.79 Å². The smallest absolute Gasteiger partial charge is 0.171 e. The third-order valence-corrected chi connectivity index (χ3v) is 6.45. The molecule has 0 aliphatic carbocycles. The van der Waals surface area contributed by atoms with Gasteiger partial charge in [-0.05, 0) is 30.3 Å². The minimum absolute atomic E-state index is 0.133. The molecule has 2 aromatic carbocycles. The van der Waals surface area contributed by atoms with Crippen molar-refractivity contribution in [2.75, 3.05) is 56.7 Å². The lowest BCUT2D eigenvalue weighted by Gasteiger charge is -2.31. The second-order valence-electron chi connectivity index (χ2n) is 9.10. The Kier molecular flexibility index (Phi) is 6.17. The van der Waals surface area contributed by atoms with E-state index < -0.39 is 0 Å². The first-order valence-electron chi connectivity index (χ1n) is 11.1. The van der Waals surface area contributed by atoms with Crippen LogP contribution < -0.4 is 9.80 Å². The Morgan fingerprint density at radius 1 is 1.06 bits per heavy atom. The van der Waals surface area contributed by atoms with E-state index in [1.165, 1.54) is 22.5 Å². The summed E-state index contributed by atoms with van der Waals surface area (Å²) in [5, 5.41) is 0. The van der Waals surface area contributed by atoms with Gasteiger partial charge in [0.1, 0.15) is 0 Å². The van der Waals surface area contributed by atoms with Gasteiger partial charge in [-0.1, -0.05) is 50.2 Å². The number of ether oxygens (including phenoxy) is 1. The second kappa shape index (κ2) is 8.85. The van der Waals surface area contributed by atoms with E-state index in [-0.39, 0.29) is 11.2 Å². The summed E-state index contributed by atoms with van der Waals surface area (Å²) in [6.07, 6.45) is 1.84. The fraction of sp³-hybridized carbons (Fsp3) is 0.423. The van der Waals surface area contributed by atoms with Crippen molar-refractivity contribution in [1.82, 2.24) is 4.90 Å². The van der Waals surface area contributed by atoms with E-state index in [2.05, 4.69) is 84.1 Å². The summed E-state index contributed by atoms with van der Waals surface area (Å²) >= 11 is 0. The molecule has 164 valence electrons. The number of anilines is 2. The molecule has 0 radical (unpaired) electrons. The summed E-state index contributed by atoms with van der Waals surface area (Å²) in [5.74, 6) is 0.133. The zero-order chi connectivity index (χ0) is 22.0.